The standard InChI is InChI=1S/C12H15NO2/c1-14-10-11-5-4-6-12(9-11)15-8-3-2-7-13/h4-6,9H,2-3,8,10H2,1H3. The van der Waals surface area contributed by atoms with Crippen molar-refractivity contribution in [2.24, 2.45) is 0 Å². The topological polar surface area (TPSA) is 42.2 Å². The van der Waals surface area contributed by atoms with Gasteiger partial charge in [0.2, 0.25) is 0 Å². The Labute approximate surface area is 90.2 Å². The van der Waals surface area contributed by atoms with Gasteiger partial charge in [-0.15, -0.1) is 0 Å². The summed E-state index contributed by atoms with van der Waals surface area (Å²) in [5.41, 5.74) is 1.09. The average Bonchev–Trinajstić information content (AvgIpc) is 2.26. The van der Waals surface area contributed by atoms with Crippen molar-refractivity contribution >= 4 is 0 Å². The Hall–Kier alpha value is -1.53. The SMILES string of the molecule is COCc1cccc(OCCCC#N)c1. The minimum Gasteiger partial charge on any atom is -0.494 e. The van der Waals surface area contributed by atoms with Gasteiger partial charge in [-0.2, -0.15) is 5.26 Å². The fourth-order valence-electron chi connectivity index (χ4n) is 1.23. The van der Waals surface area contributed by atoms with Crippen LogP contribution >= 0.6 is 0 Å². The molecule has 0 saturated carbocycles. The average molecular weight is 205 g/mol. The van der Waals surface area contributed by atoms with Gasteiger partial charge in [0.05, 0.1) is 19.3 Å². The highest BCUT2D eigenvalue weighted by Gasteiger charge is 1.96. The van der Waals surface area contributed by atoms with Gasteiger partial charge in [-0.05, 0) is 24.1 Å². The van der Waals surface area contributed by atoms with Crippen LogP contribution in [0.15, 0.2) is 24.3 Å². The summed E-state index contributed by atoms with van der Waals surface area (Å²) in [6, 6.07) is 9.88. The largest absolute Gasteiger partial charge is 0.494 e. The molecule has 0 unspecified atom stereocenters. The summed E-state index contributed by atoms with van der Waals surface area (Å²) in [6.45, 7) is 1.18. The number of unbranched alkanes of at least 4 members (excludes halogenated alkanes) is 1. The highest BCUT2D eigenvalue weighted by molar-refractivity contribution is 5.28. The molecule has 0 amide bonds. The van der Waals surface area contributed by atoms with Crippen molar-refractivity contribution in [3.05, 3.63) is 29.8 Å². The molecule has 3 nitrogen and oxygen atoms in total. The van der Waals surface area contributed by atoms with E-state index in [9.17, 15) is 0 Å². The van der Waals surface area contributed by atoms with Crippen molar-refractivity contribution < 1.29 is 9.47 Å². The third-order valence-corrected chi connectivity index (χ3v) is 1.91. The molecule has 0 aliphatic rings. The first-order chi connectivity index (χ1) is 7.36. The third kappa shape index (κ3) is 4.48. The number of ether oxygens (including phenoxy) is 2. The van der Waals surface area contributed by atoms with E-state index >= 15 is 0 Å². The molecule has 0 aliphatic carbocycles. The number of nitrogens with zero attached hydrogens (tertiary/aromatic N) is 1. The summed E-state index contributed by atoms with van der Waals surface area (Å²) in [7, 11) is 1.67. The fraction of sp³-hybridized carbons (Fsp3) is 0.417. The summed E-state index contributed by atoms with van der Waals surface area (Å²) < 4.78 is 10.5. The molecule has 0 saturated heterocycles. The lowest BCUT2D eigenvalue weighted by molar-refractivity contribution is 0.184. The minimum atomic E-state index is 0.539. The van der Waals surface area contributed by atoms with Gasteiger partial charge in [0.25, 0.3) is 0 Å². The van der Waals surface area contributed by atoms with Crippen molar-refractivity contribution in [1.82, 2.24) is 0 Å². The van der Waals surface area contributed by atoms with E-state index in [1.54, 1.807) is 7.11 Å². The predicted molar refractivity (Wildman–Crippen MR) is 57.5 cm³/mol. The molecular weight excluding hydrogens is 190 g/mol. The number of rotatable bonds is 6. The van der Waals surface area contributed by atoms with E-state index in [1.807, 2.05) is 24.3 Å². The maximum Gasteiger partial charge on any atom is 0.119 e. The lowest BCUT2D eigenvalue weighted by Crippen LogP contribution is -1.97. The molecule has 0 aliphatic heterocycles. The highest BCUT2D eigenvalue weighted by Crippen LogP contribution is 2.14. The molecular formula is C12H15NO2. The molecule has 0 heterocycles. The Morgan fingerprint density at radius 2 is 2.27 bits per heavy atom. The molecule has 0 N–H and O–H groups in total. The molecule has 3 heteroatoms. The van der Waals surface area contributed by atoms with Crippen LogP contribution in [0, 0.1) is 11.3 Å². The van der Waals surface area contributed by atoms with Crippen LogP contribution in [-0.4, -0.2) is 13.7 Å². The van der Waals surface area contributed by atoms with Crippen molar-refractivity contribution in [3.8, 4) is 11.8 Å². The Kier molecular flexibility index (Phi) is 5.28. The van der Waals surface area contributed by atoms with Crippen LogP contribution in [-0.2, 0) is 11.3 Å². The smallest absolute Gasteiger partial charge is 0.119 e. The predicted octanol–water partition coefficient (Wildman–Crippen LogP) is 2.52. The van der Waals surface area contributed by atoms with Crippen molar-refractivity contribution in [1.29, 1.82) is 5.26 Å². The second-order valence-corrected chi connectivity index (χ2v) is 3.19. The number of hydrogen-bond acceptors (Lipinski definition) is 3. The second kappa shape index (κ2) is 6.86. The maximum absolute atomic E-state index is 8.36. The number of nitriles is 1. The van der Waals surface area contributed by atoms with Gasteiger partial charge in [-0.25, -0.2) is 0 Å². The summed E-state index contributed by atoms with van der Waals surface area (Å²) in [5, 5.41) is 8.36. The zero-order valence-electron chi connectivity index (χ0n) is 8.90. The van der Waals surface area contributed by atoms with Gasteiger partial charge in [0.15, 0.2) is 0 Å². The molecule has 0 fully saturated rings. The number of methoxy groups -OCH3 is 1. The fourth-order valence-corrected chi connectivity index (χ4v) is 1.23. The molecule has 15 heavy (non-hydrogen) atoms. The summed E-state index contributed by atoms with van der Waals surface area (Å²) >= 11 is 0. The Balaban J connectivity index is 2.40. The Bertz CT molecular complexity index is 331. The van der Waals surface area contributed by atoms with Crippen LogP contribution in [0.25, 0.3) is 0 Å². The van der Waals surface area contributed by atoms with Crippen LogP contribution < -0.4 is 4.74 Å². The van der Waals surface area contributed by atoms with E-state index < -0.39 is 0 Å². The van der Waals surface area contributed by atoms with Gasteiger partial charge in [0, 0.05) is 13.5 Å². The van der Waals surface area contributed by atoms with Crippen LogP contribution in [0.1, 0.15) is 18.4 Å². The molecule has 1 rings (SSSR count). The monoisotopic (exact) mass is 205 g/mol. The molecule has 0 atom stereocenters. The van der Waals surface area contributed by atoms with Crippen LogP contribution in [0.4, 0.5) is 0 Å². The molecule has 0 radical (unpaired) electrons. The lowest BCUT2D eigenvalue weighted by atomic mass is 10.2. The first-order valence-corrected chi connectivity index (χ1v) is 4.94. The Morgan fingerprint density at radius 3 is 3.00 bits per heavy atom. The van der Waals surface area contributed by atoms with E-state index in [0.717, 1.165) is 17.7 Å². The van der Waals surface area contributed by atoms with E-state index in [2.05, 4.69) is 6.07 Å². The summed E-state index contributed by atoms with van der Waals surface area (Å²) in [5.74, 6) is 0.836. The van der Waals surface area contributed by atoms with Crippen molar-refractivity contribution in [2.75, 3.05) is 13.7 Å². The molecule has 80 valence electrons. The highest BCUT2D eigenvalue weighted by atomic mass is 16.5. The zero-order chi connectivity index (χ0) is 10.9. The Morgan fingerprint density at radius 1 is 1.40 bits per heavy atom. The van der Waals surface area contributed by atoms with E-state index in [4.69, 9.17) is 14.7 Å². The van der Waals surface area contributed by atoms with Crippen molar-refractivity contribution in [3.63, 3.8) is 0 Å². The van der Waals surface area contributed by atoms with Gasteiger partial charge in [-0.3, -0.25) is 0 Å². The second-order valence-electron chi connectivity index (χ2n) is 3.19. The van der Waals surface area contributed by atoms with E-state index in [1.165, 1.54) is 0 Å². The van der Waals surface area contributed by atoms with E-state index in [0.29, 0.717) is 19.6 Å². The molecule has 0 spiro atoms. The quantitative estimate of drug-likeness (QED) is 0.670. The van der Waals surface area contributed by atoms with Crippen LogP contribution in [0.5, 0.6) is 5.75 Å². The molecule has 0 bridgehead atoms. The first kappa shape index (κ1) is 11.5. The maximum atomic E-state index is 8.36. The van der Waals surface area contributed by atoms with E-state index in [-0.39, 0.29) is 0 Å². The third-order valence-electron chi connectivity index (χ3n) is 1.91. The minimum absolute atomic E-state index is 0.539. The van der Waals surface area contributed by atoms with Gasteiger partial charge in [0.1, 0.15) is 5.75 Å². The van der Waals surface area contributed by atoms with Gasteiger partial charge >= 0.3 is 0 Å². The van der Waals surface area contributed by atoms with Crippen LogP contribution in [0.2, 0.25) is 0 Å². The van der Waals surface area contributed by atoms with Gasteiger partial charge in [-0.1, -0.05) is 12.1 Å². The number of benzene rings is 1. The summed E-state index contributed by atoms with van der Waals surface area (Å²) in [6.07, 6.45) is 1.31. The normalized spacial score (nSPS) is 9.60. The molecule has 1 aromatic carbocycles. The molecule has 0 aromatic heterocycles. The molecule has 1 aromatic rings. The van der Waals surface area contributed by atoms with Gasteiger partial charge < -0.3 is 9.47 Å². The zero-order valence-corrected chi connectivity index (χ0v) is 8.90. The lowest BCUT2D eigenvalue weighted by Gasteiger charge is -2.06. The number of hydrogen-bond donors (Lipinski definition) is 0. The van der Waals surface area contributed by atoms with Crippen molar-refractivity contribution in [2.45, 2.75) is 19.4 Å². The van der Waals surface area contributed by atoms with Crippen LogP contribution in [0.3, 0.4) is 0 Å². The first-order valence-electron chi connectivity index (χ1n) is 4.94. The summed E-state index contributed by atoms with van der Waals surface area (Å²) in [4.78, 5) is 0.